The Kier molecular flexibility index (Phi) is 7.77. The lowest BCUT2D eigenvalue weighted by Gasteiger charge is -2.28. The molecule has 0 N–H and O–H groups in total. The van der Waals surface area contributed by atoms with Crippen molar-refractivity contribution in [3.05, 3.63) is 75.8 Å². The van der Waals surface area contributed by atoms with Crippen LogP contribution >= 0.6 is 11.6 Å². The molecule has 0 atom stereocenters. The Hall–Kier alpha value is -2.60. The van der Waals surface area contributed by atoms with Crippen molar-refractivity contribution in [2.45, 2.75) is 44.7 Å². The zero-order valence-electron chi connectivity index (χ0n) is 17.6. The summed E-state index contributed by atoms with van der Waals surface area (Å²) in [6.07, 6.45) is -0.578. The van der Waals surface area contributed by atoms with Crippen molar-refractivity contribution in [3.8, 4) is 0 Å². The van der Waals surface area contributed by atoms with Crippen molar-refractivity contribution in [2.75, 3.05) is 6.61 Å². The largest absolute Gasteiger partial charge is 0.462 e. The number of alkyl halides is 3. The lowest BCUT2D eigenvalue weighted by Crippen LogP contribution is -2.26. The fourth-order valence-corrected chi connectivity index (χ4v) is 4.18. The maximum absolute atomic E-state index is 13.2. The van der Waals surface area contributed by atoms with Crippen LogP contribution in [0.15, 0.2) is 54.1 Å². The van der Waals surface area contributed by atoms with E-state index in [2.05, 4.69) is 0 Å². The van der Waals surface area contributed by atoms with E-state index in [-0.39, 0.29) is 29.4 Å². The zero-order valence-corrected chi connectivity index (χ0v) is 18.4. The van der Waals surface area contributed by atoms with Gasteiger partial charge in [0.15, 0.2) is 5.78 Å². The average Bonchev–Trinajstić information content (AvgIpc) is 2.77. The molecule has 0 aliphatic heterocycles. The molecule has 0 radical (unpaired) electrons. The number of esters is 1. The molecule has 3 nitrogen and oxygen atoms in total. The van der Waals surface area contributed by atoms with Gasteiger partial charge < -0.3 is 4.74 Å². The Morgan fingerprint density at radius 1 is 1.06 bits per heavy atom. The minimum atomic E-state index is -4.52. The van der Waals surface area contributed by atoms with E-state index >= 15 is 0 Å². The topological polar surface area (TPSA) is 43.4 Å². The van der Waals surface area contributed by atoms with Crippen LogP contribution in [-0.4, -0.2) is 18.4 Å². The van der Waals surface area contributed by atoms with Crippen molar-refractivity contribution in [1.82, 2.24) is 0 Å². The Labute approximate surface area is 190 Å². The number of carbonyl (C=O) groups excluding carboxylic acids is 2. The number of Topliss-reactive ketones (excluding diaryl/α,β-unsaturated/α-hetero) is 1. The number of hydrogen-bond acceptors (Lipinski definition) is 3. The molecule has 0 spiro atoms. The average molecular weight is 465 g/mol. The molecule has 2 aromatic rings. The van der Waals surface area contributed by atoms with Gasteiger partial charge in [-0.15, -0.1) is 0 Å². The number of rotatable bonds is 6. The van der Waals surface area contributed by atoms with Gasteiger partial charge in [-0.25, -0.2) is 4.79 Å². The first-order chi connectivity index (χ1) is 15.2. The third-order valence-electron chi connectivity index (χ3n) is 5.73. The molecule has 32 heavy (non-hydrogen) atoms. The highest BCUT2D eigenvalue weighted by Gasteiger charge is 2.33. The van der Waals surface area contributed by atoms with Crippen LogP contribution in [-0.2, 0) is 20.5 Å². The Morgan fingerprint density at radius 2 is 1.72 bits per heavy atom. The Balaban J connectivity index is 1.79. The molecule has 0 amide bonds. The van der Waals surface area contributed by atoms with Gasteiger partial charge in [-0.3, -0.25) is 4.79 Å². The molecule has 3 rings (SSSR count). The first kappa shape index (κ1) is 24.1. The number of hydrogen-bond donors (Lipinski definition) is 0. The van der Waals surface area contributed by atoms with Crippen LogP contribution in [0, 0.1) is 5.92 Å². The SMILES string of the molecule is CCOC(=O)C(=Cc1cccc(C(F)(F)F)c1)C(=O)C1CCC(c2ccc(Cl)cc2)CC1. The summed E-state index contributed by atoms with van der Waals surface area (Å²) >= 11 is 5.95. The second kappa shape index (κ2) is 10.3. The molecule has 170 valence electrons. The lowest BCUT2D eigenvalue weighted by atomic mass is 9.76. The van der Waals surface area contributed by atoms with Gasteiger partial charge >= 0.3 is 12.1 Å². The van der Waals surface area contributed by atoms with Gasteiger partial charge in [0, 0.05) is 10.9 Å². The molecular weight excluding hydrogens is 441 g/mol. The minimum absolute atomic E-state index is 0.0648. The van der Waals surface area contributed by atoms with E-state index in [1.807, 2.05) is 24.3 Å². The third kappa shape index (κ3) is 6.00. The van der Waals surface area contributed by atoms with E-state index in [1.54, 1.807) is 6.92 Å². The molecule has 0 bridgehead atoms. The molecule has 0 heterocycles. The number of ketones is 1. The molecule has 1 aliphatic carbocycles. The Bertz CT molecular complexity index is 988. The van der Waals surface area contributed by atoms with Gasteiger partial charge in [0.1, 0.15) is 5.57 Å². The smallest absolute Gasteiger partial charge is 0.416 e. The Morgan fingerprint density at radius 3 is 2.31 bits per heavy atom. The molecule has 2 aromatic carbocycles. The number of benzene rings is 2. The minimum Gasteiger partial charge on any atom is -0.462 e. The summed E-state index contributed by atoms with van der Waals surface area (Å²) < 4.78 is 44.2. The van der Waals surface area contributed by atoms with E-state index in [1.165, 1.54) is 18.2 Å². The van der Waals surface area contributed by atoms with E-state index in [9.17, 15) is 22.8 Å². The van der Waals surface area contributed by atoms with Gasteiger partial charge in [0.2, 0.25) is 0 Å². The molecule has 1 aliphatic rings. The van der Waals surface area contributed by atoms with E-state index in [4.69, 9.17) is 16.3 Å². The highest BCUT2D eigenvalue weighted by molar-refractivity contribution is 6.30. The summed E-state index contributed by atoms with van der Waals surface area (Å²) in [5.74, 6) is -1.26. The highest BCUT2D eigenvalue weighted by Crippen LogP contribution is 2.38. The van der Waals surface area contributed by atoms with Gasteiger partial charge in [0.25, 0.3) is 0 Å². The van der Waals surface area contributed by atoms with Crippen LogP contribution in [0.5, 0.6) is 0 Å². The van der Waals surface area contributed by atoms with Crippen LogP contribution in [0.1, 0.15) is 55.2 Å². The van der Waals surface area contributed by atoms with Crippen molar-refractivity contribution in [1.29, 1.82) is 0 Å². The van der Waals surface area contributed by atoms with Crippen LogP contribution in [0.2, 0.25) is 5.02 Å². The van der Waals surface area contributed by atoms with Crippen LogP contribution in [0.3, 0.4) is 0 Å². The van der Waals surface area contributed by atoms with Crippen LogP contribution < -0.4 is 0 Å². The van der Waals surface area contributed by atoms with Crippen molar-refractivity contribution in [3.63, 3.8) is 0 Å². The van der Waals surface area contributed by atoms with E-state index in [0.29, 0.717) is 23.8 Å². The highest BCUT2D eigenvalue weighted by atomic mass is 35.5. The first-order valence-corrected chi connectivity index (χ1v) is 10.9. The second-order valence-corrected chi connectivity index (χ2v) is 8.30. The summed E-state index contributed by atoms with van der Waals surface area (Å²) in [5.41, 5.74) is 0.239. The fourth-order valence-electron chi connectivity index (χ4n) is 4.05. The van der Waals surface area contributed by atoms with Crippen molar-refractivity contribution >= 4 is 29.4 Å². The summed E-state index contributed by atoms with van der Waals surface area (Å²) in [4.78, 5) is 25.7. The first-order valence-electron chi connectivity index (χ1n) is 10.5. The molecule has 0 aromatic heterocycles. The van der Waals surface area contributed by atoms with Crippen molar-refractivity contribution < 1.29 is 27.5 Å². The summed E-state index contributed by atoms with van der Waals surface area (Å²) in [7, 11) is 0. The van der Waals surface area contributed by atoms with Crippen LogP contribution in [0.4, 0.5) is 13.2 Å². The van der Waals surface area contributed by atoms with E-state index < -0.39 is 17.7 Å². The summed E-state index contributed by atoms with van der Waals surface area (Å²) in [6.45, 7) is 1.68. The molecular formula is C25H24ClF3O3. The maximum Gasteiger partial charge on any atom is 0.416 e. The predicted octanol–water partition coefficient (Wildman–Crippen LogP) is 6.85. The quantitative estimate of drug-likeness (QED) is 0.203. The standard InChI is InChI=1S/C25H24ClF3O3/c1-2-32-24(31)22(15-16-4-3-5-20(14-16)25(27,28)29)23(30)19-8-6-17(7-9-19)18-10-12-21(26)13-11-18/h3-5,10-15,17,19H,2,6-9H2,1H3. The predicted molar refractivity (Wildman–Crippen MR) is 117 cm³/mol. The summed E-state index contributed by atoms with van der Waals surface area (Å²) in [5, 5.41) is 0.663. The van der Waals surface area contributed by atoms with Gasteiger partial charge in [-0.05, 0) is 80.0 Å². The normalized spacial score (nSPS) is 19.5. The lowest BCUT2D eigenvalue weighted by molar-refractivity contribution is -0.140. The molecule has 0 unspecified atom stereocenters. The molecule has 0 saturated heterocycles. The zero-order chi connectivity index (χ0) is 23.3. The second-order valence-electron chi connectivity index (χ2n) is 7.87. The van der Waals surface area contributed by atoms with Gasteiger partial charge in [0.05, 0.1) is 12.2 Å². The van der Waals surface area contributed by atoms with E-state index in [0.717, 1.165) is 30.5 Å². The van der Waals surface area contributed by atoms with Crippen molar-refractivity contribution in [2.24, 2.45) is 5.92 Å². The number of carbonyl (C=O) groups is 2. The van der Waals surface area contributed by atoms with Gasteiger partial charge in [-0.1, -0.05) is 35.9 Å². The number of halogens is 4. The number of ether oxygens (including phenoxy) is 1. The maximum atomic E-state index is 13.2. The monoisotopic (exact) mass is 464 g/mol. The molecule has 1 saturated carbocycles. The summed E-state index contributed by atoms with van der Waals surface area (Å²) in [6, 6.07) is 12.2. The molecule has 7 heteroatoms. The molecule has 1 fully saturated rings. The third-order valence-corrected chi connectivity index (χ3v) is 5.98. The van der Waals surface area contributed by atoms with Gasteiger partial charge in [-0.2, -0.15) is 13.2 Å². The van der Waals surface area contributed by atoms with Crippen LogP contribution in [0.25, 0.3) is 6.08 Å². The fraction of sp³-hybridized carbons (Fsp3) is 0.360.